The highest BCUT2D eigenvalue weighted by molar-refractivity contribution is 5.68. The summed E-state index contributed by atoms with van der Waals surface area (Å²) in [5.74, 6) is 0.314. The molecule has 0 fully saturated rings. The number of aromatic hydroxyl groups is 1. The molecule has 1 N–H and O–H groups in total. The van der Waals surface area contributed by atoms with Gasteiger partial charge in [0.25, 0.3) is 0 Å². The number of aryl methyl sites for hydroxylation is 1. The number of phenols is 1. The number of phenolic OH excluding ortho intramolecular Hbond substituents is 1. The van der Waals surface area contributed by atoms with Crippen LogP contribution in [0.1, 0.15) is 37.8 Å². The van der Waals surface area contributed by atoms with Gasteiger partial charge in [-0.05, 0) is 42.2 Å². The lowest BCUT2D eigenvalue weighted by Crippen LogP contribution is -2.01. The minimum Gasteiger partial charge on any atom is -0.508 e. The van der Waals surface area contributed by atoms with Gasteiger partial charge in [-0.1, -0.05) is 38.3 Å². The highest BCUT2D eigenvalue weighted by Gasteiger charge is 2.11. The van der Waals surface area contributed by atoms with Crippen LogP contribution in [0.2, 0.25) is 0 Å². The molecule has 0 spiro atoms. The highest BCUT2D eigenvalue weighted by Crippen LogP contribution is 2.28. The maximum absolute atomic E-state index is 10.9. The van der Waals surface area contributed by atoms with Crippen molar-refractivity contribution in [1.82, 2.24) is 0 Å². The van der Waals surface area contributed by atoms with Crippen LogP contribution in [0.5, 0.6) is 5.75 Å². The molecule has 0 saturated heterocycles. The Morgan fingerprint density at radius 2 is 1.95 bits per heavy atom. The Hall–Kier alpha value is -2.29. The monoisotopic (exact) mass is 286 g/mol. The van der Waals surface area contributed by atoms with Crippen molar-refractivity contribution in [3.8, 4) is 5.75 Å². The topological polar surface area (TPSA) is 46.5 Å². The fraction of sp³-hybridized carbons (Fsp3) is 0.278. The van der Waals surface area contributed by atoms with Crippen molar-refractivity contribution in [2.24, 2.45) is 0 Å². The van der Waals surface area contributed by atoms with Crippen molar-refractivity contribution in [3.63, 3.8) is 0 Å². The van der Waals surface area contributed by atoms with E-state index in [9.17, 15) is 9.90 Å². The molecule has 3 nitrogen and oxygen atoms in total. The number of carbonyl (C=O) groups excluding carboxylic acids is 1. The number of hydrogen-bond acceptors (Lipinski definition) is 3. The first kappa shape index (κ1) is 16.8. The van der Waals surface area contributed by atoms with Crippen LogP contribution in [0.3, 0.4) is 0 Å². The predicted octanol–water partition coefficient (Wildman–Crippen LogP) is 4.38. The van der Waals surface area contributed by atoms with Crippen LogP contribution >= 0.6 is 0 Å². The molecule has 1 rings (SSSR count). The third kappa shape index (κ3) is 4.63. The van der Waals surface area contributed by atoms with Gasteiger partial charge in [0, 0.05) is 12.8 Å². The molecule has 1 aromatic carbocycles. The lowest BCUT2D eigenvalue weighted by Gasteiger charge is -2.15. The summed E-state index contributed by atoms with van der Waals surface area (Å²) in [5.41, 5.74) is 3.54. The Kier molecular flexibility index (Phi) is 5.53. The molecule has 112 valence electrons. The number of esters is 1. The second-order valence-electron chi connectivity index (χ2n) is 5.19. The summed E-state index contributed by atoms with van der Waals surface area (Å²) in [6.07, 6.45) is 1.86. The fourth-order valence-electron chi connectivity index (χ4n) is 1.90. The summed E-state index contributed by atoms with van der Waals surface area (Å²) in [7, 11) is 0. The molecule has 3 heteroatoms. The molecule has 0 radical (unpaired) electrons. The van der Waals surface area contributed by atoms with Crippen molar-refractivity contribution >= 4 is 5.97 Å². The number of benzene rings is 1. The van der Waals surface area contributed by atoms with Crippen molar-refractivity contribution in [2.75, 3.05) is 0 Å². The minimum absolute atomic E-state index is 0.0874. The van der Waals surface area contributed by atoms with E-state index >= 15 is 0 Å². The van der Waals surface area contributed by atoms with Gasteiger partial charge in [0.2, 0.25) is 0 Å². The first-order valence-electron chi connectivity index (χ1n) is 6.76. The molecule has 0 aliphatic heterocycles. The van der Waals surface area contributed by atoms with Crippen LogP contribution in [-0.2, 0) is 9.53 Å². The van der Waals surface area contributed by atoms with E-state index < -0.39 is 0 Å². The Bertz CT molecular complexity index is 609. The maximum atomic E-state index is 10.9. The predicted molar refractivity (Wildman–Crippen MR) is 85.1 cm³/mol. The smallest absolute Gasteiger partial charge is 0.308 e. The van der Waals surface area contributed by atoms with Gasteiger partial charge in [-0.2, -0.15) is 0 Å². The average Bonchev–Trinajstić information content (AvgIpc) is 2.40. The summed E-state index contributed by atoms with van der Waals surface area (Å²) in [6.45, 7) is 14.8. The van der Waals surface area contributed by atoms with Gasteiger partial charge in [-0.3, -0.25) is 4.79 Å². The third-order valence-corrected chi connectivity index (χ3v) is 3.39. The minimum atomic E-state index is -0.388. The largest absolute Gasteiger partial charge is 0.508 e. The third-order valence-electron chi connectivity index (χ3n) is 3.39. The molecular formula is C18H22O3. The van der Waals surface area contributed by atoms with Crippen LogP contribution in [-0.4, -0.2) is 11.1 Å². The van der Waals surface area contributed by atoms with E-state index in [1.54, 1.807) is 6.07 Å². The molecule has 1 unspecified atom stereocenters. The van der Waals surface area contributed by atoms with Gasteiger partial charge in [0.1, 0.15) is 11.5 Å². The Balaban J connectivity index is 2.89. The van der Waals surface area contributed by atoms with Crippen LogP contribution in [0.4, 0.5) is 0 Å². The van der Waals surface area contributed by atoms with Crippen LogP contribution < -0.4 is 0 Å². The van der Waals surface area contributed by atoms with Gasteiger partial charge < -0.3 is 9.84 Å². The SMILES string of the molecule is C=C(OC(C)=O)/C(C)=C\C(=C)C(C)c1ccc(O)c(C)c1. The maximum Gasteiger partial charge on any atom is 0.308 e. The molecule has 0 amide bonds. The highest BCUT2D eigenvalue weighted by atomic mass is 16.5. The molecule has 0 heterocycles. The summed E-state index contributed by atoms with van der Waals surface area (Å²) >= 11 is 0. The molecule has 0 aliphatic rings. The van der Waals surface area contributed by atoms with E-state index in [0.717, 1.165) is 22.3 Å². The zero-order chi connectivity index (χ0) is 16.2. The quantitative estimate of drug-likeness (QED) is 0.496. The average molecular weight is 286 g/mol. The first-order chi connectivity index (χ1) is 9.72. The van der Waals surface area contributed by atoms with E-state index in [1.165, 1.54) is 6.92 Å². The van der Waals surface area contributed by atoms with E-state index in [4.69, 9.17) is 4.74 Å². The number of rotatable bonds is 5. The van der Waals surface area contributed by atoms with Crippen molar-refractivity contribution in [2.45, 2.75) is 33.6 Å². The lowest BCUT2D eigenvalue weighted by atomic mass is 9.91. The van der Waals surface area contributed by atoms with Gasteiger partial charge in [-0.15, -0.1) is 0 Å². The zero-order valence-corrected chi connectivity index (χ0v) is 13.1. The molecule has 0 bridgehead atoms. The standard InChI is InChI=1S/C18H22O3/c1-11(9-12(2)15(5)21-16(6)19)14(4)17-7-8-18(20)13(3)10-17/h7-10,14,20H,1,5H2,2-4,6H3/b12-9-. The van der Waals surface area contributed by atoms with Crippen LogP contribution in [0, 0.1) is 6.92 Å². The van der Waals surface area contributed by atoms with E-state index in [0.29, 0.717) is 5.76 Å². The summed E-state index contributed by atoms with van der Waals surface area (Å²) in [6, 6.07) is 5.50. The molecule has 0 saturated carbocycles. The Morgan fingerprint density at radius 1 is 1.33 bits per heavy atom. The molecular weight excluding hydrogens is 264 g/mol. The first-order valence-corrected chi connectivity index (χ1v) is 6.76. The van der Waals surface area contributed by atoms with Crippen molar-refractivity contribution in [3.05, 3.63) is 65.5 Å². The molecule has 1 atom stereocenters. The van der Waals surface area contributed by atoms with Gasteiger partial charge in [0.05, 0.1) is 0 Å². The number of ether oxygens (including phenoxy) is 1. The molecule has 1 aromatic rings. The second-order valence-corrected chi connectivity index (χ2v) is 5.19. The normalized spacial score (nSPS) is 12.7. The van der Waals surface area contributed by atoms with Crippen molar-refractivity contribution < 1.29 is 14.6 Å². The lowest BCUT2D eigenvalue weighted by molar-refractivity contribution is -0.136. The number of hydrogen-bond donors (Lipinski definition) is 1. The summed E-state index contributed by atoms with van der Waals surface area (Å²) in [4.78, 5) is 10.9. The van der Waals surface area contributed by atoms with Crippen molar-refractivity contribution in [1.29, 1.82) is 0 Å². The molecule has 0 aliphatic carbocycles. The molecule has 21 heavy (non-hydrogen) atoms. The van der Waals surface area contributed by atoms with Crippen LogP contribution in [0.25, 0.3) is 0 Å². The van der Waals surface area contributed by atoms with E-state index in [1.807, 2.05) is 39.0 Å². The van der Waals surface area contributed by atoms with Gasteiger partial charge in [0.15, 0.2) is 0 Å². The van der Waals surface area contributed by atoms with Gasteiger partial charge >= 0.3 is 5.97 Å². The van der Waals surface area contributed by atoms with Gasteiger partial charge in [-0.25, -0.2) is 0 Å². The molecule has 0 aromatic heterocycles. The second kappa shape index (κ2) is 6.93. The van der Waals surface area contributed by atoms with E-state index in [2.05, 4.69) is 13.2 Å². The number of carbonyl (C=O) groups is 1. The Morgan fingerprint density at radius 3 is 2.48 bits per heavy atom. The zero-order valence-electron chi connectivity index (χ0n) is 13.1. The summed E-state index contributed by atoms with van der Waals surface area (Å²) < 4.78 is 4.96. The number of allylic oxidation sites excluding steroid dienone is 3. The fourth-order valence-corrected chi connectivity index (χ4v) is 1.90. The Labute approximate surface area is 126 Å². The van der Waals surface area contributed by atoms with E-state index in [-0.39, 0.29) is 17.6 Å². The summed E-state index contributed by atoms with van der Waals surface area (Å²) in [5, 5.41) is 9.57. The van der Waals surface area contributed by atoms with Crippen LogP contribution in [0.15, 0.2) is 54.3 Å².